The highest BCUT2D eigenvalue weighted by Crippen LogP contribution is 2.08. The number of methoxy groups -OCH3 is 1. The number of esters is 2. The third-order valence-corrected chi connectivity index (χ3v) is 3.04. The van der Waals surface area contributed by atoms with E-state index in [2.05, 4.69) is 4.74 Å². The number of halogens is 1. The SMILES string of the molecule is COC(=O)c1ccc(/C=C/C(=O)OCc2ccc(F)cc2)cc1. The van der Waals surface area contributed by atoms with Crippen molar-refractivity contribution >= 4 is 18.0 Å². The van der Waals surface area contributed by atoms with Crippen molar-refractivity contribution in [3.8, 4) is 0 Å². The number of hydrogen-bond acceptors (Lipinski definition) is 4. The number of rotatable bonds is 5. The van der Waals surface area contributed by atoms with Crippen LogP contribution in [-0.4, -0.2) is 19.0 Å². The molecule has 0 spiro atoms. The normalized spacial score (nSPS) is 10.5. The molecule has 0 fully saturated rings. The molecule has 0 aliphatic carbocycles. The van der Waals surface area contributed by atoms with Crippen LogP contribution in [0.1, 0.15) is 21.5 Å². The van der Waals surface area contributed by atoms with Gasteiger partial charge in [0.2, 0.25) is 0 Å². The first-order chi connectivity index (χ1) is 11.1. The van der Waals surface area contributed by atoms with Gasteiger partial charge in [0.25, 0.3) is 0 Å². The first-order valence-corrected chi connectivity index (χ1v) is 6.86. The fourth-order valence-electron chi connectivity index (χ4n) is 1.80. The molecule has 0 aromatic heterocycles. The van der Waals surface area contributed by atoms with Crippen molar-refractivity contribution in [2.45, 2.75) is 6.61 Å². The molecule has 2 rings (SSSR count). The average molecular weight is 314 g/mol. The van der Waals surface area contributed by atoms with Crippen LogP contribution in [0.3, 0.4) is 0 Å². The van der Waals surface area contributed by atoms with Crippen molar-refractivity contribution < 1.29 is 23.5 Å². The van der Waals surface area contributed by atoms with E-state index in [0.717, 1.165) is 5.56 Å². The van der Waals surface area contributed by atoms with Gasteiger partial charge in [-0.05, 0) is 41.5 Å². The second kappa shape index (κ2) is 7.89. The molecule has 2 aromatic rings. The summed E-state index contributed by atoms with van der Waals surface area (Å²) in [6.45, 7) is 0.0741. The maximum absolute atomic E-state index is 12.7. The monoisotopic (exact) mass is 314 g/mol. The fraction of sp³-hybridized carbons (Fsp3) is 0.111. The summed E-state index contributed by atoms with van der Waals surface area (Å²) in [6, 6.07) is 12.3. The second-order valence-electron chi connectivity index (χ2n) is 4.68. The molecule has 0 radical (unpaired) electrons. The van der Waals surface area contributed by atoms with Crippen LogP contribution in [0.25, 0.3) is 6.08 Å². The Labute approximate surface area is 133 Å². The lowest BCUT2D eigenvalue weighted by Gasteiger charge is -2.02. The van der Waals surface area contributed by atoms with Gasteiger partial charge in [0.05, 0.1) is 12.7 Å². The minimum absolute atomic E-state index is 0.0741. The molecule has 0 atom stereocenters. The highest BCUT2D eigenvalue weighted by Gasteiger charge is 2.04. The minimum Gasteiger partial charge on any atom is -0.465 e. The van der Waals surface area contributed by atoms with E-state index in [1.165, 1.54) is 25.3 Å². The van der Waals surface area contributed by atoms with Gasteiger partial charge in [0.15, 0.2) is 0 Å². The Bertz CT molecular complexity index is 703. The summed E-state index contributed by atoms with van der Waals surface area (Å²) < 4.78 is 22.4. The molecule has 0 amide bonds. The van der Waals surface area contributed by atoms with Gasteiger partial charge >= 0.3 is 11.9 Å². The van der Waals surface area contributed by atoms with Gasteiger partial charge < -0.3 is 9.47 Å². The molecular formula is C18H15FO4. The molecule has 2 aromatic carbocycles. The molecule has 0 N–H and O–H groups in total. The van der Waals surface area contributed by atoms with Gasteiger partial charge in [0, 0.05) is 6.08 Å². The van der Waals surface area contributed by atoms with Crippen molar-refractivity contribution in [2.75, 3.05) is 7.11 Å². The van der Waals surface area contributed by atoms with Gasteiger partial charge in [-0.2, -0.15) is 0 Å². The van der Waals surface area contributed by atoms with E-state index in [9.17, 15) is 14.0 Å². The molecule has 0 saturated carbocycles. The summed E-state index contributed by atoms with van der Waals surface area (Å²) in [5.41, 5.74) is 1.88. The van der Waals surface area contributed by atoms with Crippen LogP contribution < -0.4 is 0 Å². The third-order valence-electron chi connectivity index (χ3n) is 3.04. The van der Waals surface area contributed by atoms with Gasteiger partial charge in [-0.1, -0.05) is 24.3 Å². The molecule has 0 saturated heterocycles. The van der Waals surface area contributed by atoms with Crippen LogP contribution in [-0.2, 0) is 20.9 Å². The van der Waals surface area contributed by atoms with E-state index < -0.39 is 11.9 Å². The van der Waals surface area contributed by atoms with Crippen molar-refractivity contribution in [3.63, 3.8) is 0 Å². The summed E-state index contributed by atoms with van der Waals surface area (Å²) in [5.74, 6) is -1.26. The minimum atomic E-state index is -0.508. The van der Waals surface area contributed by atoms with Crippen LogP contribution in [0.2, 0.25) is 0 Å². The Morgan fingerprint density at radius 3 is 2.30 bits per heavy atom. The second-order valence-corrected chi connectivity index (χ2v) is 4.68. The van der Waals surface area contributed by atoms with E-state index >= 15 is 0 Å². The first kappa shape index (κ1) is 16.4. The van der Waals surface area contributed by atoms with Crippen molar-refractivity contribution in [3.05, 3.63) is 77.1 Å². The zero-order valence-electron chi connectivity index (χ0n) is 12.5. The van der Waals surface area contributed by atoms with Gasteiger partial charge in [0.1, 0.15) is 12.4 Å². The van der Waals surface area contributed by atoms with Gasteiger partial charge in [-0.25, -0.2) is 14.0 Å². The molecule has 5 heteroatoms. The first-order valence-electron chi connectivity index (χ1n) is 6.86. The largest absolute Gasteiger partial charge is 0.465 e. The molecule has 23 heavy (non-hydrogen) atoms. The van der Waals surface area contributed by atoms with Crippen LogP contribution >= 0.6 is 0 Å². The Morgan fingerprint density at radius 1 is 1.04 bits per heavy atom. The summed E-state index contributed by atoms with van der Waals surface area (Å²) in [5, 5.41) is 0. The zero-order valence-corrected chi connectivity index (χ0v) is 12.5. The molecular weight excluding hydrogens is 299 g/mol. The maximum Gasteiger partial charge on any atom is 0.337 e. The Morgan fingerprint density at radius 2 is 1.70 bits per heavy atom. The summed E-state index contributed by atoms with van der Waals surface area (Å²) in [7, 11) is 1.31. The predicted molar refractivity (Wildman–Crippen MR) is 83.0 cm³/mol. The van der Waals surface area contributed by atoms with Crippen LogP contribution in [0.4, 0.5) is 4.39 Å². The molecule has 0 unspecified atom stereocenters. The highest BCUT2D eigenvalue weighted by molar-refractivity contribution is 5.90. The lowest BCUT2D eigenvalue weighted by Crippen LogP contribution is -2.01. The van der Waals surface area contributed by atoms with Crippen LogP contribution in [0.5, 0.6) is 0 Å². The fourth-order valence-corrected chi connectivity index (χ4v) is 1.80. The molecule has 118 valence electrons. The topological polar surface area (TPSA) is 52.6 Å². The molecule has 0 aliphatic heterocycles. The lowest BCUT2D eigenvalue weighted by molar-refractivity contribution is -0.138. The molecule has 0 heterocycles. The van der Waals surface area contributed by atoms with E-state index in [4.69, 9.17) is 4.74 Å². The van der Waals surface area contributed by atoms with Crippen LogP contribution in [0, 0.1) is 5.82 Å². The molecule has 0 bridgehead atoms. The number of benzene rings is 2. The average Bonchev–Trinajstić information content (AvgIpc) is 2.59. The number of carbonyl (C=O) groups excluding carboxylic acids is 2. The van der Waals surface area contributed by atoms with E-state index in [0.29, 0.717) is 11.1 Å². The Hall–Kier alpha value is -2.95. The Kier molecular flexibility index (Phi) is 5.63. The smallest absolute Gasteiger partial charge is 0.337 e. The van der Waals surface area contributed by atoms with Crippen molar-refractivity contribution in [1.82, 2.24) is 0 Å². The Balaban J connectivity index is 1.88. The maximum atomic E-state index is 12.7. The predicted octanol–water partition coefficient (Wildman–Crippen LogP) is 3.37. The van der Waals surface area contributed by atoms with Gasteiger partial charge in [-0.3, -0.25) is 0 Å². The van der Waals surface area contributed by atoms with E-state index in [1.807, 2.05) is 0 Å². The standard InChI is InChI=1S/C18H15FO4/c1-22-18(21)15-7-2-13(3-8-15)6-11-17(20)23-12-14-4-9-16(19)10-5-14/h2-11H,12H2,1H3/b11-6+. The summed E-state index contributed by atoms with van der Waals surface area (Å²) in [6.07, 6.45) is 2.87. The van der Waals surface area contributed by atoms with E-state index in [-0.39, 0.29) is 12.4 Å². The summed E-state index contributed by atoms with van der Waals surface area (Å²) in [4.78, 5) is 22.9. The van der Waals surface area contributed by atoms with Crippen molar-refractivity contribution in [2.24, 2.45) is 0 Å². The third kappa shape index (κ3) is 5.07. The van der Waals surface area contributed by atoms with Crippen LogP contribution in [0.15, 0.2) is 54.6 Å². The van der Waals surface area contributed by atoms with Gasteiger partial charge in [-0.15, -0.1) is 0 Å². The van der Waals surface area contributed by atoms with E-state index in [1.54, 1.807) is 42.5 Å². The highest BCUT2D eigenvalue weighted by atomic mass is 19.1. The number of ether oxygens (including phenoxy) is 2. The molecule has 0 aliphatic rings. The summed E-state index contributed by atoms with van der Waals surface area (Å²) >= 11 is 0. The number of hydrogen-bond donors (Lipinski definition) is 0. The lowest BCUT2D eigenvalue weighted by atomic mass is 10.1. The quantitative estimate of drug-likeness (QED) is 0.627. The van der Waals surface area contributed by atoms with Crippen molar-refractivity contribution in [1.29, 1.82) is 0 Å². The molecule has 4 nitrogen and oxygen atoms in total. The zero-order chi connectivity index (χ0) is 16.7. The number of carbonyl (C=O) groups is 2.